The quantitative estimate of drug-likeness (QED) is 0.453. The normalized spacial score (nSPS) is 0. The zero-order valence-corrected chi connectivity index (χ0v) is 5.54. The fourth-order valence-corrected chi connectivity index (χ4v) is 0. The van der Waals surface area contributed by atoms with Crippen LogP contribution in [-0.2, 0) is 66.8 Å². The minimum Gasteiger partial charge on any atom is 0 e. The van der Waals surface area contributed by atoms with Crippen molar-refractivity contribution in [3.8, 4) is 0 Å². The van der Waals surface area contributed by atoms with Gasteiger partial charge in [0.2, 0.25) is 0 Å². The fourth-order valence-electron chi connectivity index (χ4n) is 0. The molecule has 2 radical (unpaired) electrons. The van der Waals surface area contributed by atoms with Crippen molar-refractivity contribution in [2.75, 3.05) is 0 Å². The van der Waals surface area contributed by atoms with Gasteiger partial charge in [-0.15, -0.1) is 0 Å². The molecule has 44 valence electrons. The summed E-state index contributed by atoms with van der Waals surface area (Å²) in [5.74, 6) is 0. The monoisotopic (exact) mass is 268 g/mol. The molecule has 0 fully saturated rings. The molecule has 0 bridgehead atoms. The van der Waals surface area contributed by atoms with E-state index in [1.807, 2.05) is 0 Å². The average Bonchev–Trinajstić information content (AvgIpc) is 0. The molecule has 0 saturated heterocycles. The summed E-state index contributed by atoms with van der Waals surface area (Å²) in [5, 5.41) is 0. The zero-order valence-electron chi connectivity index (χ0n) is 1.34. The smallest absolute Gasteiger partial charge is 0 e. The first-order chi connectivity index (χ1) is 0. The van der Waals surface area contributed by atoms with Crippen molar-refractivity contribution in [1.29, 1.82) is 0 Å². The van der Waals surface area contributed by atoms with Crippen molar-refractivity contribution in [3.63, 3.8) is 0 Å². The van der Waals surface area contributed by atoms with Gasteiger partial charge in [-0.05, 0) is 0 Å². The molecular weight excluding hydrogens is 265 g/mol. The van der Waals surface area contributed by atoms with Gasteiger partial charge in [0, 0.05) is 66.8 Å². The van der Waals surface area contributed by atoms with Crippen LogP contribution in [0.25, 0.3) is 0 Å². The predicted molar refractivity (Wildman–Crippen MR) is 17.1 cm³/mol. The summed E-state index contributed by atoms with van der Waals surface area (Å²) >= 11 is 0. The Morgan fingerprint density at radius 3 is 0.833 bits per heavy atom. The van der Waals surface area contributed by atoms with Crippen molar-refractivity contribution in [3.05, 3.63) is 0 Å². The third-order valence-electron chi connectivity index (χ3n) is 0. The molecule has 0 heterocycles. The first kappa shape index (κ1) is 61.4. The minimum atomic E-state index is 0. The second-order valence-electron chi connectivity index (χ2n) is 0. The number of rotatable bonds is 0. The Kier molecular flexibility index (Phi) is 430. The maximum absolute atomic E-state index is 0. The van der Waals surface area contributed by atoms with E-state index >= 15 is 0 Å². The third-order valence-corrected chi connectivity index (χ3v) is 0. The van der Waals surface area contributed by atoms with Gasteiger partial charge in [-0.1, -0.05) is 0 Å². The minimum absolute atomic E-state index is 0. The SMILES string of the molecule is [AlH3].[Co].[LiH].[Mn].[Ni].[Ni]. The first-order valence-electron chi connectivity index (χ1n) is 0. The largest absolute Gasteiger partial charge is 0 e. The molecule has 0 aliphatic heterocycles. The van der Waals surface area contributed by atoms with E-state index in [2.05, 4.69) is 0 Å². The van der Waals surface area contributed by atoms with Gasteiger partial charge < -0.3 is 0 Å². The molecule has 0 aromatic rings. The van der Waals surface area contributed by atoms with Gasteiger partial charge in [-0.3, -0.25) is 0 Å². The van der Waals surface area contributed by atoms with Gasteiger partial charge in [0.05, 0.1) is 0 Å². The Balaban J connectivity index is 0. The summed E-state index contributed by atoms with van der Waals surface area (Å²) in [6.07, 6.45) is 0. The molecule has 6 heavy (non-hydrogen) atoms. The standard InChI is InChI=1S/Al.Co.Li.Mn.2Ni.4H. The maximum atomic E-state index is 0. The van der Waals surface area contributed by atoms with E-state index < -0.39 is 0 Å². The molecule has 0 atom stereocenters. The van der Waals surface area contributed by atoms with Crippen LogP contribution in [0.15, 0.2) is 0 Å². The molecule has 0 rings (SSSR count). The van der Waals surface area contributed by atoms with Crippen molar-refractivity contribution >= 4 is 36.2 Å². The Hall–Kier alpha value is 3.14. The summed E-state index contributed by atoms with van der Waals surface area (Å²) < 4.78 is 0. The van der Waals surface area contributed by atoms with Crippen LogP contribution in [0.1, 0.15) is 0 Å². The van der Waals surface area contributed by atoms with Crippen molar-refractivity contribution in [2.45, 2.75) is 0 Å². The van der Waals surface area contributed by atoms with Crippen LogP contribution in [0.5, 0.6) is 0 Å². The van der Waals surface area contributed by atoms with E-state index in [0.717, 1.165) is 0 Å². The molecule has 0 nitrogen and oxygen atoms in total. The number of hydrogen-bond donors (Lipinski definition) is 0. The molecule has 0 aromatic heterocycles. The van der Waals surface area contributed by atoms with E-state index in [-0.39, 0.29) is 103 Å². The maximum Gasteiger partial charge on any atom is 0 e. The van der Waals surface area contributed by atoms with Crippen molar-refractivity contribution in [2.24, 2.45) is 0 Å². The Labute approximate surface area is 102 Å². The second kappa shape index (κ2) is 42.1. The Bertz CT molecular complexity index is 13.5. The van der Waals surface area contributed by atoms with Gasteiger partial charge in [0.1, 0.15) is 0 Å². The summed E-state index contributed by atoms with van der Waals surface area (Å²) in [4.78, 5) is 0. The van der Waals surface area contributed by atoms with Crippen LogP contribution in [0.2, 0.25) is 0 Å². The van der Waals surface area contributed by atoms with Gasteiger partial charge >= 0.3 is 18.9 Å². The van der Waals surface area contributed by atoms with Crippen molar-refractivity contribution in [1.82, 2.24) is 0 Å². The van der Waals surface area contributed by atoms with Gasteiger partial charge in [0.25, 0.3) is 0 Å². The third kappa shape index (κ3) is 27.3. The summed E-state index contributed by atoms with van der Waals surface area (Å²) in [5.41, 5.74) is 0. The van der Waals surface area contributed by atoms with Crippen LogP contribution in [0.3, 0.4) is 0 Å². The molecule has 0 spiro atoms. The van der Waals surface area contributed by atoms with Crippen LogP contribution < -0.4 is 0 Å². The van der Waals surface area contributed by atoms with E-state index in [9.17, 15) is 0 Å². The molecule has 0 N–H and O–H groups in total. The molecule has 0 aliphatic rings. The first-order valence-corrected chi connectivity index (χ1v) is 0. The predicted octanol–water partition coefficient (Wildman–Crippen LogP) is -1.84. The Morgan fingerprint density at radius 1 is 0.833 bits per heavy atom. The summed E-state index contributed by atoms with van der Waals surface area (Å²) in [7, 11) is 0. The fraction of sp³-hybridized carbons (Fsp3) is 0. The van der Waals surface area contributed by atoms with E-state index in [1.54, 1.807) is 0 Å². The second-order valence-corrected chi connectivity index (χ2v) is 0. The number of hydrogen-bond acceptors (Lipinski definition) is 0. The van der Waals surface area contributed by atoms with E-state index in [0.29, 0.717) is 0 Å². The molecular formula is H4AlCoLiMnNi2. The summed E-state index contributed by atoms with van der Waals surface area (Å²) in [6.45, 7) is 0. The van der Waals surface area contributed by atoms with Gasteiger partial charge in [0.15, 0.2) is 17.4 Å². The molecule has 0 unspecified atom stereocenters. The molecule has 6 heteroatoms. The Morgan fingerprint density at radius 2 is 0.833 bits per heavy atom. The molecule has 0 aliphatic carbocycles. The molecule has 0 amide bonds. The molecule has 0 saturated carbocycles. The van der Waals surface area contributed by atoms with E-state index in [4.69, 9.17) is 0 Å². The van der Waals surface area contributed by atoms with Gasteiger partial charge in [-0.2, -0.15) is 0 Å². The van der Waals surface area contributed by atoms with Crippen LogP contribution in [0, 0.1) is 0 Å². The topological polar surface area (TPSA) is 0 Å². The average molecular weight is 269 g/mol. The van der Waals surface area contributed by atoms with Crippen LogP contribution in [0.4, 0.5) is 0 Å². The van der Waals surface area contributed by atoms with Crippen LogP contribution >= 0.6 is 0 Å². The molecule has 0 aromatic carbocycles. The zero-order chi connectivity index (χ0) is 0. The van der Waals surface area contributed by atoms with Crippen molar-refractivity contribution < 1.29 is 66.8 Å². The van der Waals surface area contributed by atoms with Crippen LogP contribution in [-0.4, -0.2) is 36.2 Å². The summed E-state index contributed by atoms with van der Waals surface area (Å²) in [6, 6.07) is 0. The van der Waals surface area contributed by atoms with Gasteiger partial charge in [-0.25, -0.2) is 0 Å². The van der Waals surface area contributed by atoms with E-state index in [1.165, 1.54) is 0 Å².